The fraction of sp³-hybridized carbons (Fsp3) is 0.417. The van der Waals surface area contributed by atoms with Crippen LogP contribution in [-0.2, 0) is 4.79 Å². The lowest BCUT2D eigenvalue weighted by atomic mass is 9.76. The molecule has 0 aromatic carbocycles. The molecule has 0 unspecified atom stereocenters. The van der Waals surface area contributed by atoms with E-state index in [9.17, 15) is 9.90 Å². The van der Waals surface area contributed by atoms with Gasteiger partial charge < -0.3 is 5.11 Å². The maximum Gasteiger partial charge on any atom is 0.311 e. The highest BCUT2D eigenvalue weighted by molar-refractivity contribution is 7.08. The summed E-state index contributed by atoms with van der Waals surface area (Å²) in [6, 6.07) is 2.05. The summed E-state index contributed by atoms with van der Waals surface area (Å²) in [6.07, 6.45) is 4.00. The van der Waals surface area contributed by atoms with Crippen molar-refractivity contribution in [2.75, 3.05) is 0 Å². The largest absolute Gasteiger partial charge is 0.481 e. The Kier molecular flexibility index (Phi) is 2.91. The van der Waals surface area contributed by atoms with Crippen molar-refractivity contribution >= 4 is 17.3 Å². The number of carboxylic acids is 1. The van der Waals surface area contributed by atoms with Crippen LogP contribution in [0.4, 0.5) is 0 Å². The minimum atomic E-state index is -0.695. The lowest BCUT2D eigenvalue weighted by Crippen LogP contribution is -2.25. The fourth-order valence-corrected chi connectivity index (χ4v) is 3.04. The van der Waals surface area contributed by atoms with Gasteiger partial charge in [-0.25, -0.2) is 0 Å². The lowest BCUT2D eigenvalue weighted by Gasteiger charge is -2.27. The molecule has 3 heteroatoms. The molecule has 0 aliphatic heterocycles. The highest BCUT2D eigenvalue weighted by Crippen LogP contribution is 2.38. The summed E-state index contributed by atoms with van der Waals surface area (Å²) in [5, 5.41) is 13.3. The highest BCUT2D eigenvalue weighted by Gasteiger charge is 2.32. The summed E-state index contributed by atoms with van der Waals surface area (Å²) in [5.41, 5.74) is 2.19. The van der Waals surface area contributed by atoms with Crippen LogP contribution in [0.1, 0.15) is 31.2 Å². The molecule has 1 heterocycles. The number of thiophene rings is 1. The fourth-order valence-electron chi connectivity index (χ4n) is 2.31. The van der Waals surface area contributed by atoms with Gasteiger partial charge in [0.1, 0.15) is 0 Å². The van der Waals surface area contributed by atoms with Gasteiger partial charge in [0.05, 0.1) is 5.92 Å². The zero-order chi connectivity index (χ0) is 10.8. The molecule has 0 saturated carbocycles. The monoisotopic (exact) mass is 222 g/mol. The topological polar surface area (TPSA) is 37.3 Å². The molecule has 80 valence electrons. The normalized spacial score (nSPS) is 26.1. The van der Waals surface area contributed by atoms with Crippen LogP contribution in [0, 0.1) is 5.92 Å². The van der Waals surface area contributed by atoms with E-state index in [1.54, 1.807) is 11.3 Å². The van der Waals surface area contributed by atoms with Crippen LogP contribution in [0.15, 0.2) is 28.5 Å². The quantitative estimate of drug-likeness (QED) is 0.780. The zero-order valence-electron chi connectivity index (χ0n) is 8.64. The maximum atomic E-state index is 11.2. The first-order valence-electron chi connectivity index (χ1n) is 5.11. The van der Waals surface area contributed by atoms with Crippen LogP contribution < -0.4 is 0 Å². The van der Waals surface area contributed by atoms with Crippen LogP contribution in [0.25, 0.3) is 0 Å². The van der Waals surface area contributed by atoms with E-state index >= 15 is 0 Å². The van der Waals surface area contributed by atoms with Crippen LogP contribution in [-0.4, -0.2) is 11.1 Å². The number of carboxylic acid groups (broad SMARTS) is 1. The van der Waals surface area contributed by atoms with Gasteiger partial charge in [0.15, 0.2) is 0 Å². The van der Waals surface area contributed by atoms with Crippen molar-refractivity contribution in [2.24, 2.45) is 5.92 Å². The second kappa shape index (κ2) is 4.19. The molecule has 15 heavy (non-hydrogen) atoms. The number of hydrogen-bond acceptors (Lipinski definition) is 2. The predicted molar refractivity (Wildman–Crippen MR) is 61.2 cm³/mol. The molecule has 1 aliphatic rings. The average molecular weight is 222 g/mol. The first-order chi connectivity index (χ1) is 7.20. The smallest absolute Gasteiger partial charge is 0.311 e. The minimum Gasteiger partial charge on any atom is -0.481 e. The SMILES string of the molecule is CC1=CCC[C@@H](c2ccsc2)[C@@H]1C(=O)O. The van der Waals surface area contributed by atoms with Gasteiger partial charge in [-0.2, -0.15) is 11.3 Å². The Morgan fingerprint density at radius 3 is 3.00 bits per heavy atom. The summed E-state index contributed by atoms with van der Waals surface area (Å²) in [5.74, 6) is -0.855. The van der Waals surface area contributed by atoms with E-state index in [0.29, 0.717) is 0 Å². The predicted octanol–water partition coefficient (Wildman–Crippen LogP) is 3.27. The second-order valence-corrected chi connectivity index (χ2v) is 4.78. The van der Waals surface area contributed by atoms with Crippen molar-refractivity contribution in [3.63, 3.8) is 0 Å². The molecule has 0 amide bonds. The Bertz CT molecular complexity index is 378. The molecule has 0 saturated heterocycles. The van der Waals surface area contributed by atoms with Crippen molar-refractivity contribution in [2.45, 2.75) is 25.7 Å². The number of allylic oxidation sites excluding steroid dienone is 1. The minimum absolute atomic E-state index is 0.166. The zero-order valence-corrected chi connectivity index (χ0v) is 9.46. The highest BCUT2D eigenvalue weighted by atomic mass is 32.1. The van der Waals surface area contributed by atoms with Crippen LogP contribution >= 0.6 is 11.3 Å². The Balaban J connectivity index is 2.32. The van der Waals surface area contributed by atoms with Gasteiger partial charge in [-0.05, 0) is 42.2 Å². The van der Waals surface area contributed by atoms with Gasteiger partial charge in [0.2, 0.25) is 0 Å². The standard InChI is InChI=1S/C12H14O2S/c1-8-3-2-4-10(11(8)12(13)14)9-5-6-15-7-9/h3,5-7,10-11H,2,4H2,1H3,(H,13,14)/t10-,11+/m0/s1. The van der Waals surface area contributed by atoms with Gasteiger partial charge in [-0.1, -0.05) is 11.6 Å². The summed E-state index contributed by atoms with van der Waals surface area (Å²) in [4.78, 5) is 11.2. The van der Waals surface area contributed by atoms with Crippen molar-refractivity contribution in [1.29, 1.82) is 0 Å². The average Bonchev–Trinajstić information content (AvgIpc) is 2.69. The van der Waals surface area contributed by atoms with E-state index in [0.717, 1.165) is 18.4 Å². The van der Waals surface area contributed by atoms with E-state index in [-0.39, 0.29) is 11.8 Å². The molecular formula is C12H14O2S. The number of aliphatic carboxylic acids is 1. The third-order valence-corrected chi connectivity index (χ3v) is 3.78. The third-order valence-electron chi connectivity index (χ3n) is 3.07. The van der Waals surface area contributed by atoms with Crippen molar-refractivity contribution in [1.82, 2.24) is 0 Å². The van der Waals surface area contributed by atoms with Crippen molar-refractivity contribution in [3.8, 4) is 0 Å². The van der Waals surface area contributed by atoms with E-state index in [1.165, 1.54) is 5.56 Å². The second-order valence-electron chi connectivity index (χ2n) is 4.00. The molecule has 0 fully saturated rings. The van der Waals surface area contributed by atoms with Gasteiger partial charge in [-0.3, -0.25) is 4.79 Å². The Labute approximate surface area is 93.3 Å². The molecule has 2 atom stereocenters. The number of hydrogen-bond donors (Lipinski definition) is 1. The lowest BCUT2D eigenvalue weighted by molar-refractivity contribution is -0.141. The molecule has 1 aliphatic carbocycles. The van der Waals surface area contributed by atoms with Crippen molar-refractivity contribution < 1.29 is 9.90 Å². The first kappa shape index (κ1) is 10.4. The molecule has 1 N–H and O–H groups in total. The Hall–Kier alpha value is -1.09. The van der Waals surface area contributed by atoms with E-state index in [4.69, 9.17) is 0 Å². The third kappa shape index (κ3) is 1.97. The molecule has 0 bridgehead atoms. The van der Waals surface area contributed by atoms with Crippen LogP contribution in [0.5, 0.6) is 0 Å². The van der Waals surface area contributed by atoms with Crippen LogP contribution in [0.3, 0.4) is 0 Å². The van der Waals surface area contributed by atoms with E-state index in [2.05, 4.69) is 11.5 Å². The number of carbonyl (C=O) groups is 1. The molecule has 1 aromatic rings. The Morgan fingerprint density at radius 2 is 2.40 bits per heavy atom. The van der Waals surface area contributed by atoms with Gasteiger partial charge in [0, 0.05) is 5.92 Å². The number of rotatable bonds is 2. The van der Waals surface area contributed by atoms with Crippen LogP contribution in [0.2, 0.25) is 0 Å². The summed E-state index contributed by atoms with van der Waals surface area (Å²) in [6.45, 7) is 1.93. The molecule has 0 radical (unpaired) electrons. The molecule has 1 aromatic heterocycles. The van der Waals surface area contributed by atoms with E-state index < -0.39 is 5.97 Å². The molecular weight excluding hydrogens is 208 g/mol. The maximum absolute atomic E-state index is 11.2. The Morgan fingerprint density at radius 1 is 1.60 bits per heavy atom. The first-order valence-corrected chi connectivity index (χ1v) is 6.06. The molecule has 0 spiro atoms. The van der Waals surface area contributed by atoms with Crippen molar-refractivity contribution in [3.05, 3.63) is 34.0 Å². The van der Waals surface area contributed by atoms with Gasteiger partial charge in [-0.15, -0.1) is 0 Å². The molecule has 2 nitrogen and oxygen atoms in total. The summed E-state index contributed by atoms with van der Waals surface area (Å²) < 4.78 is 0. The summed E-state index contributed by atoms with van der Waals surface area (Å²) >= 11 is 1.64. The van der Waals surface area contributed by atoms with Gasteiger partial charge >= 0.3 is 5.97 Å². The van der Waals surface area contributed by atoms with Gasteiger partial charge in [0.25, 0.3) is 0 Å². The molecule has 2 rings (SSSR count). The summed E-state index contributed by atoms with van der Waals surface area (Å²) in [7, 11) is 0. The van der Waals surface area contributed by atoms with E-state index in [1.807, 2.05) is 18.4 Å².